The molecule has 0 aliphatic rings. The minimum absolute atomic E-state index is 0.0447. The highest BCUT2D eigenvalue weighted by Gasteiger charge is 2.17. The summed E-state index contributed by atoms with van der Waals surface area (Å²) in [5, 5.41) is 15.7. The number of rotatable bonds is 7. The van der Waals surface area contributed by atoms with Gasteiger partial charge in [-0.25, -0.2) is 9.48 Å². The smallest absolute Gasteiger partial charge is 0.354 e. The van der Waals surface area contributed by atoms with Gasteiger partial charge in [-0.1, -0.05) is 0 Å². The number of carboxylic acids is 1. The molecule has 8 nitrogen and oxygen atoms in total. The number of benzene rings is 1. The van der Waals surface area contributed by atoms with E-state index < -0.39 is 5.97 Å². The van der Waals surface area contributed by atoms with E-state index in [4.69, 9.17) is 14.6 Å². The highest BCUT2D eigenvalue weighted by atomic mass is 16.5. The van der Waals surface area contributed by atoms with Gasteiger partial charge in [-0.15, -0.1) is 0 Å². The van der Waals surface area contributed by atoms with Gasteiger partial charge in [-0.05, 0) is 31.2 Å². The maximum Gasteiger partial charge on any atom is 0.354 e. The molecule has 0 saturated heterocycles. The third-order valence-corrected chi connectivity index (χ3v) is 3.51. The molecule has 8 heteroatoms. The minimum atomic E-state index is -1.14. The maximum atomic E-state index is 12.2. The van der Waals surface area contributed by atoms with Crippen LogP contribution in [0.1, 0.15) is 29.0 Å². The lowest BCUT2D eigenvalue weighted by Gasteiger charge is -2.18. The van der Waals surface area contributed by atoms with Crippen molar-refractivity contribution in [2.24, 2.45) is 0 Å². The zero-order valence-corrected chi connectivity index (χ0v) is 13.6. The van der Waals surface area contributed by atoms with E-state index in [0.29, 0.717) is 11.5 Å². The Morgan fingerprint density at radius 3 is 2.67 bits per heavy atom. The van der Waals surface area contributed by atoms with Crippen molar-refractivity contribution in [3.8, 4) is 11.5 Å². The van der Waals surface area contributed by atoms with Gasteiger partial charge >= 0.3 is 5.97 Å². The highest BCUT2D eigenvalue weighted by Crippen LogP contribution is 2.29. The normalized spacial score (nSPS) is 11.6. The average Bonchev–Trinajstić information content (AvgIpc) is 3.02. The summed E-state index contributed by atoms with van der Waals surface area (Å²) < 4.78 is 11.6. The van der Waals surface area contributed by atoms with Crippen molar-refractivity contribution in [1.29, 1.82) is 0 Å². The zero-order chi connectivity index (χ0) is 17.7. The number of methoxy groups -OCH3 is 2. The molecule has 1 aromatic carbocycles. The van der Waals surface area contributed by atoms with Gasteiger partial charge in [-0.2, -0.15) is 5.10 Å². The fourth-order valence-electron chi connectivity index (χ4n) is 2.32. The summed E-state index contributed by atoms with van der Waals surface area (Å²) in [6.07, 6.45) is 1.34. The van der Waals surface area contributed by atoms with Crippen LogP contribution in [0.15, 0.2) is 30.5 Å². The molecule has 0 bridgehead atoms. The molecule has 1 heterocycles. The standard InChI is InChI=1S/C16H19N3O5/c1-10(12-8-11(23-2)4-5-14(12)24-3)18-15(20)9-19-13(16(21)22)6-7-17-19/h4-8,10H,9H2,1-3H3,(H,18,20)(H,21,22). The predicted molar refractivity (Wildman–Crippen MR) is 85.3 cm³/mol. The predicted octanol–water partition coefficient (Wildman–Crippen LogP) is 1.48. The molecule has 2 N–H and O–H groups in total. The van der Waals surface area contributed by atoms with Crippen molar-refractivity contribution in [2.45, 2.75) is 19.5 Å². The van der Waals surface area contributed by atoms with Crippen LogP contribution in [0.5, 0.6) is 11.5 Å². The summed E-state index contributed by atoms with van der Waals surface area (Å²) in [6.45, 7) is 1.61. The summed E-state index contributed by atoms with van der Waals surface area (Å²) in [4.78, 5) is 23.2. The number of amides is 1. The van der Waals surface area contributed by atoms with Crippen LogP contribution < -0.4 is 14.8 Å². The lowest BCUT2D eigenvalue weighted by atomic mass is 10.1. The number of carbonyl (C=O) groups excluding carboxylic acids is 1. The van der Waals surface area contributed by atoms with Gasteiger partial charge in [0.15, 0.2) is 0 Å². The van der Waals surface area contributed by atoms with Gasteiger partial charge in [0.2, 0.25) is 5.91 Å². The van der Waals surface area contributed by atoms with Crippen LogP contribution in [-0.2, 0) is 11.3 Å². The van der Waals surface area contributed by atoms with E-state index in [2.05, 4.69) is 10.4 Å². The quantitative estimate of drug-likeness (QED) is 0.795. The first kappa shape index (κ1) is 17.3. The molecular formula is C16H19N3O5. The Hall–Kier alpha value is -3.03. The second kappa shape index (κ2) is 7.49. The number of hydrogen-bond donors (Lipinski definition) is 2. The second-order valence-corrected chi connectivity index (χ2v) is 5.08. The van der Waals surface area contributed by atoms with E-state index in [1.54, 1.807) is 39.3 Å². The molecule has 0 radical (unpaired) electrons. The molecule has 0 saturated carbocycles. The van der Waals surface area contributed by atoms with Crippen molar-refractivity contribution in [3.05, 3.63) is 41.7 Å². The van der Waals surface area contributed by atoms with Crippen LogP contribution in [0.2, 0.25) is 0 Å². The highest BCUT2D eigenvalue weighted by molar-refractivity contribution is 5.86. The average molecular weight is 333 g/mol. The lowest BCUT2D eigenvalue weighted by molar-refractivity contribution is -0.122. The third-order valence-electron chi connectivity index (χ3n) is 3.51. The van der Waals surface area contributed by atoms with Gasteiger partial charge in [0.25, 0.3) is 0 Å². The van der Waals surface area contributed by atoms with Crippen LogP contribution in [0, 0.1) is 0 Å². The Morgan fingerprint density at radius 1 is 1.29 bits per heavy atom. The molecule has 0 fully saturated rings. The van der Waals surface area contributed by atoms with Gasteiger partial charge < -0.3 is 19.9 Å². The fraction of sp³-hybridized carbons (Fsp3) is 0.312. The second-order valence-electron chi connectivity index (χ2n) is 5.08. The van der Waals surface area contributed by atoms with E-state index in [1.807, 2.05) is 0 Å². The Morgan fingerprint density at radius 2 is 2.04 bits per heavy atom. The lowest BCUT2D eigenvalue weighted by Crippen LogP contribution is -2.31. The Kier molecular flexibility index (Phi) is 5.41. The molecular weight excluding hydrogens is 314 g/mol. The minimum Gasteiger partial charge on any atom is -0.497 e. The fourth-order valence-corrected chi connectivity index (χ4v) is 2.32. The summed E-state index contributed by atoms with van der Waals surface area (Å²) in [6, 6.07) is 6.28. The zero-order valence-electron chi connectivity index (χ0n) is 13.6. The van der Waals surface area contributed by atoms with E-state index in [0.717, 1.165) is 10.2 Å². The number of ether oxygens (including phenoxy) is 2. The molecule has 2 aromatic rings. The van der Waals surface area contributed by atoms with Crippen molar-refractivity contribution in [1.82, 2.24) is 15.1 Å². The number of aromatic nitrogens is 2. The number of carboxylic acid groups (broad SMARTS) is 1. The molecule has 1 amide bonds. The topological polar surface area (TPSA) is 103 Å². The maximum absolute atomic E-state index is 12.2. The number of carbonyl (C=O) groups is 2. The number of hydrogen-bond acceptors (Lipinski definition) is 5. The van der Waals surface area contributed by atoms with E-state index >= 15 is 0 Å². The molecule has 128 valence electrons. The summed E-state index contributed by atoms with van der Waals surface area (Å²) in [5.74, 6) is -0.234. The molecule has 0 aliphatic carbocycles. The summed E-state index contributed by atoms with van der Waals surface area (Å²) in [7, 11) is 3.10. The number of aromatic carboxylic acids is 1. The van der Waals surface area contributed by atoms with Gasteiger partial charge in [0.05, 0.1) is 20.3 Å². The van der Waals surface area contributed by atoms with Crippen LogP contribution in [0.3, 0.4) is 0 Å². The SMILES string of the molecule is COc1ccc(OC)c(C(C)NC(=O)Cn2nccc2C(=O)O)c1. The van der Waals surface area contributed by atoms with Crippen LogP contribution in [0.25, 0.3) is 0 Å². The first-order chi connectivity index (χ1) is 11.5. The molecule has 0 spiro atoms. The Labute approximate surface area is 139 Å². The monoisotopic (exact) mass is 333 g/mol. The van der Waals surface area contributed by atoms with Crippen molar-refractivity contribution in [2.75, 3.05) is 14.2 Å². The van der Waals surface area contributed by atoms with Crippen LogP contribution >= 0.6 is 0 Å². The van der Waals surface area contributed by atoms with E-state index in [9.17, 15) is 9.59 Å². The Bertz CT molecular complexity index is 741. The number of nitrogens with one attached hydrogen (secondary N) is 1. The van der Waals surface area contributed by atoms with Crippen LogP contribution in [-0.4, -0.2) is 41.0 Å². The van der Waals surface area contributed by atoms with Gasteiger partial charge in [0.1, 0.15) is 23.7 Å². The molecule has 24 heavy (non-hydrogen) atoms. The van der Waals surface area contributed by atoms with Crippen molar-refractivity contribution in [3.63, 3.8) is 0 Å². The van der Waals surface area contributed by atoms with Crippen molar-refractivity contribution >= 4 is 11.9 Å². The van der Waals surface area contributed by atoms with Crippen LogP contribution in [0.4, 0.5) is 0 Å². The van der Waals surface area contributed by atoms with E-state index in [-0.39, 0.29) is 24.2 Å². The molecule has 1 unspecified atom stereocenters. The molecule has 2 rings (SSSR count). The number of nitrogens with zero attached hydrogens (tertiary/aromatic N) is 2. The largest absolute Gasteiger partial charge is 0.497 e. The summed E-state index contributed by atoms with van der Waals surface area (Å²) in [5.41, 5.74) is 0.709. The molecule has 1 atom stereocenters. The Balaban J connectivity index is 2.11. The first-order valence-electron chi connectivity index (χ1n) is 7.22. The molecule has 1 aromatic heterocycles. The van der Waals surface area contributed by atoms with Crippen molar-refractivity contribution < 1.29 is 24.2 Å². The third kappa shape index (κ3) is 3.83. The molecule has 0 aliphatic heterocycles. The van der Waals surface area contributed by atoms with E-state index in [1.165, 1.54) is 12.3 Å². The van der Waals surface area contributed by atoms with Gasteiger partial charge in [0, 0.05) is 11.8 Å². The first-order valence-corrected chi connectivity index (χ1v) is 7.22. The summed E-state index contributed by atoms with van der Waals surface area (Å²) >= 11 is 0. The van der Waals surface area contributed by atoms with Gasteiger partial charge in [-0.3, -0.25) is 4.79 Å².